The van der Waals surface area contributed by atoms with E-state index in [-0.39, 0.29) is 18.2 Å². The van der Waals surface area contributed by atoms with Gasteiger partial charge in [0.1, 0.15) is 0 Å². The number of nitrogens with zero attached hydrogens (tertiary/aromatic N) is 1. The SMILES string of the molecule is COC(=O)c1ccc(N2CC(C(=O)Nc3ccc(C)cc3C)CC2=O)cc1. The van der Waals surface area contributed by atoms with Crippen molar-refractivity contribution in [1.29, 1.82) is 0 Å². The van der Waals surface area contributed by atoms with E-state index >= 15 is 0 Å². The maximum atomic E-state index is 12.6. The minimum atomic E-state index is -0.431. The predicted octanol–water partition coefficient (Wildman–Crippen LogP) is 3.08. The van der Waals surface area contributed by atoms with Crippen LogP contribution in [-0.4, -0.2) is 31.4 Å². The van der Waals surface area contributed by atoms with Crippen molar-refractivity contribution in [2.24, 2.45) is 5.92 Å². The van der Waals surface area contributed by atoms with Gasteiger partial charge in [0.2, 0.25) is 11.8 Å². The molecule has 1 fully saturated rings. The van der Waals surface area contributed by atoms with Crippen LogP contribution < -0.4 is 10.2 Å². The van der Waals surface area contributed by atoms with E-state index in [1.807, 2.05) is 32.0 Å². The highest BCUT2D eigenvalue weighted by Gasteiger charge is 2.35. The highest BCUT2D eigenvalue weighted by molar-refractivity contribution is 6.04. The first-order valence-electron chi connectivity index (χ1n) is 8.76. The van der Waals surface area contributed by atoms with Crippen molar-refractivity contribution < 1.29 is 19.1 Å². The molecule has 1 heterocycles. The number of rotatable bonds is 4. The number of ether oxygens (including phenoxy) is 1. The fraction of sp³-hybridized carbons (Fsp3) is 0.286. The third-order valence-electron chi connectivity index (χ3n) is 4.74. The molecule has 6 nitrogen and oxygen atoms in total. The Bertz CT molecular complexity index is 890. The van der Waals surface area contributed by atoms with Crippen LogP contribution in [0.4, 0.5) is 11.4 Å². The Labute approximate surface area is 158 Å². The summed E-state index contributed by atoms with van der Waals surface area (Å²) in [5.41, 5.74) is 3.96. The second kappa shape index (κ2) is 7.61. The molecule has 0 spiro atoms. The van der Waals surface area contributed by atoms with Crippen LogP contribution in [0.15, 0.2) is 42.5 Å². The molecule has 0 saturated carbocycles. The monoisotopic (exact) mass is 366 g/mol. The number of hydrogen-bond acceptors (Lipinski definition) is 4. The Morgan fingerprint density at radius 3 is 2.44 bits per heavy atom. The molecule has 2 aromatic rings. The highest BCUT2D eigenvalue weighted by atomic mass is 16.5. The number of nitrogens with one attached hydrogen (secondary N) is 1. The van der Waals surface area contributed by atoms with E-state index in [9.17, 15) is 14.4 Å². The molecule has 1 N–H and O–H groups in total. The second-order valence-corrected chi connectivity index (χ2v) is 6.75. The lowest BCUT2D eigenvalue weighted by atomic mass is 10.1. The summed E-state index contributed by atoms with van der Waals surface area (Å²) in [7, 11) is 1.32. The average molecular weight is 366 g/mol. The minimum Gasteiger partial charge on any atom is -0.465 e. The molecule has 6 heteroatoms. The normalized spacial score (nSPS) is 16.3. The molecule has 0 aliphatic carbocycles. The van der Waals surface area contributed by atoms with Gasteiger partial charge in [-0.1, -0.05) is 17.7 Å². The van der Waals surface area contributed by atoms with Gasteiger partial charge in [-0.05, 0) is 49.7 Å². The lowest BCUT2D eigenvalue weighted by Crippen LogP contribution is -2.28. The zero-order valence-electron chi connectivity index (χ0n) is 15.6. The first-order chi connectivity index (χ1) is 12.9. The number of carbonyl (C=O) groups excluding carboxylic acids is 3. The molecule has 2 aromatic carbocycles. The molecular formula is C21H22N2O4. The molecule has 27 heavy (non-hydrogen) atoms. The zero-order chi connectivity index (χ0) is 19.6. The predicted molar refractivity (Wildman–Crippen MR) is 103 cm³/mol. The van der Waals surface area contributed by atoms with Crippen molar-refractivity contribution in [3.8, 4) is 0 Å². The van der Waals surface area contributed by atoms with Crippen LogP contribution in [0.3, 0.4) is 0 Å². The summed E-state index contributed by atoms with van der Waals surface area (Å²) >= 11 is 0. The largest absolute Gasteiger partial charge is 0.465 e. The van der Waals surface area contributed by atoms with Gasteiger partial charge in [0.05, 0.1) is 18.6 Å². The van der Waals surface area contributed by atoms with Crippen molar-refractivity contribution in [3.05, 3.63) is 59.2 Å². The van der Waals surface area contributed by atoms with Crippen LogP contribution in [0.2, 0.25) is 0 Å². The average Bonchev–Trinajstić information content (AvgIpc) is 3.05. The summed E-state index contributed by atoms with van der Waals surface area (Å²) in [5, 5.41) is 2.92. The second-order valence-electron chi connectivity index (χ2n) is 6.75. The summed E-state index contributed by atoms with van der Waals surface area (Å²) in [6, 6.07) is 12.4. The number of amides is 2. The molecule has 2 amide bonds. The molecule has 3 rings (SSSR count). The van der Waals surface area contributed by atoms with Crippen molar-refractivity contribution >= 4 is 29.2 Å². The van der Waals surface area contributed by atoms with Crippen molar-refractivity contribution in [2.75, 3.05) is 23.9 Å². The standard InChI is InChI=1S/C21H22N2O4/c1-13-4-9-18(14(2)10-13)22-20(25)16-11-19(24)23(12-16)17-7-5-15(6-8-17)21(26)27-3/h4-10,16H,11-12H2,1-3H3,(H,22,25). The van der Waals surface area contributed by atoms with Gasteiger partial charge in [-0.15, -0.1) is 0 Å². The summed E-state index contributed by atoms with van der Waals surface area (Å²) < 4.78 is 4.67. The molecule has 140 valence electrons. The third-order valence-corrected chi connectivity index (χ3v) is 4.74. The number of anilines is 2. The first kappa shape index (κ1) is 18.6. The van der Waals surface area contributed by atoms with E-state index in [2.05, 4.69) is 10.1 Å². The van der Waals surface area contributed by atoms with E-state index < -0.39 is 11.9 Å². The summed E-state index contributed by atoms with van der Waals surface area (Å²) in [5.74, 6) is -1.12. The molecule has 1 aliphatic heterocycles. The number of hydrogen-bond donors (Lipinski definition) is 1. The first-order valence-corrected chi connectivity index (χ1v) is 8.76. The molecule has 1 atom stereocenters. The Balaban J connectivity index is 1.69. The van der Waals surface area contributed by atoms with Crippen LogP contribution in [0.25, 0.3) is 0 Å². The Morgan fingerprint density at radius 1 is 1.11 bits per heavy atom. The van der Waals surface area contributed by atoms with Crippen molar-refractivity contribution in [3.63, 3.8) is 0 Å². The van der Waals surface area contributed by atoms with E-state index in [4.69, 9.17) is 0 Å². The maximum Gasteiger partial charge on any atom is 0.337 e. The number of carbonyl (C=O) groups is 3. The van der Waals surface area contributed by atoms with Crippen LogP contribution in [0, 0.1) is 19.8 Å². The van der Waals surface area contributed by atoms with Gasteiger partial charge >= 0.3 is 5.97 Å². The lowest BCUT2D eigenvalue weighted by molar-refractivity contribution is -0.122. The van der Waals surface area contributed by atoms with Crippen LogP contribution >= 0.6 is 0 Å². The summed E-state index contributed by atoms with van der Waals surface area (Å²) in [4.78, 5) is 38.1. The molecule has 1 unspecified atom stereocenters. The van der Waals surface area contributed by atoms with Gasteiger partial charge in [0.15, 0.2) is 0 Å². The Morgan fingerprint density at radius 2 is 1.81 bits per heavy atom. The third kappa shape index (κ3) is 4.00. The maximum absolute atomic E-state index is 12.6. The minimum absolute atomic E-state index is 0.110. The summed E-state index contributed by atoms with van der Waals surface area (Å²) in [6.07, 6.45) is 0.162. The van der Waals surface area contributed by atoms with E-state index in [0.29, 0.717) is 17.8 Å². The van der Waals surface area contributed by atoms with Gasteiger partial charge < -0.3 is 15.0 Å². The molecule has 1 aliphatic rings. The lowest BCUT2D eigenvalue weighted by Gasteiger charge is -2.17. The fourth-order valence-electron chi connectivity index (χ4n) is 3.22. The molecule has 0 radical (unpaired) electrons. The van der Waals surface area contributed by atoms with E-state index in [1.165, 1.54) is 7.11 Å². The smallest absolute Gasteiger partial charge is 0.337 e. The highest BCUT2D eigenvalue weighted by Crippen LogP contribution is 2.27. The van der Waals surface area contributed by atoms with Crippen LogP contribution in [0.1, 0.15) is 27.9 Å². The number of esters is 1. The van der Waals surface area contributed by atoms with Crippen molar-refractivity contribution in [2.45, 2.75) is 20.3 Å². The van der Waals surface area contributed by atoms with Gasteiger partial charge in [0, 0.05) is 24.3 Å². The van der Waals surface area contributed by atoms with Crippen molar-refractivity contribution in [1.82, 2.24) is 0 Å². The molecular weight excluding hydrogens is 344 g/mol. The summed E-state index contributed by atoms with van der Waals surface area (Å²) in [6.45, 7) is 4.25. The van der Waals surface area contributed by atoms with E-state index in [1.54, 1.807) is 29.2 Å². The molecule has 1 saturated heterocycles. The van der Waals surface area contributed by atoms with Gasteiger partial charge in [-0.3, -0.25) is 9.59 Å². The molecule has 0 aromatic heterocycles. The fourth-order valence-corrected chi connectivity index (χ4v) is 3.22. The van der Waals surface area contributed by atoms with Crippen LogP contribution in [0.5, 0.6) is 0 Å². The van der Waals surface area contributed by atoms with E-state index in [0.717, 1.165) is 16.8 Å². The van der Waals surface area contributed by atoms with Gasteiger partial charge in [-0.2, -0.15) is 0 Å². The molecule has 0 bridgehead atoms. The number of benzene rings is 2. The topological polar surface area (TPSA) is 75.7 Å². The Hall–Kier alpha value is -3.15. The zero-order valence-corrected chi connectivity index (χ0v) is 15.6. The van der Waals surface area contributed by atoms with Gasteiger partial charge in [-0.25, -0.2) is 4.79 Å². The number of methoxy groups -OCH3 is 1. The van der Waals surface area contributed by atoms with Crippen LogP contribution in [-0.2, 0) is 14.3 Å². The van der Waals surface area contributed by atoms with Gasteiger partial charge in [0.25, 0.3) is 0 Å². The number of aryl methyl sites for hydroxylation is 2. The Kier molecular flexibility index (Phi) is 5.26. The quantitative estimate of drug-likeness (QED) is 0.844.